The number of carbonyl (C=O) groups excluding carboxylic acids is 1. The zero-order chi connectivity index (χ0) is 20.9. The smallest absolute Gasteiger partial charge is 0.240 e. The van der Waals surface area contributed by atoms with Crippen molar-refractivity contribution < 1.29 is 9.53 Å². The van der Waals surface area contributed by atoms with E-state index in [9.17, 15) is 4.79 Å². The summed E-state index contributed by atoms with van der Waals surface area (Å²) in [7, 11) is 0. The van der Waals surface area contributed by atoms with E-state index in [4.69, 9.17) is 16.3 Å². The first-order valence-electron chi connectivity index (χ1n) is 9.89. The van der Waals surface area contributed by atoms with Crippen molar-refractivity contribution in [1.29, 1.82) is 0 Å². The molecule has 2 aromatic carbocycles. The number of benzene rings is 2. The first-order valence-corrected chi connectivity index (χ1v) is 10.3. The molecule has 2 heterocycles. The minimum absolute atomic E-state index is 0.139. The van der Waals surface area contributed by atoms with Crippen LogP contribution in [0.25, 0.3) is 22.5 Å². The van der Waals surface area contributed by atoms with Crippen molar-refractivity contribution in [2.24, 2.45) is 0 Å². The number of nitrogens with one attached hydrogen (secondary N) is 1. The Kier molecular flexibility index (Phi) is 6.38. The number of amides is 1. The second-order valence-corrected chi connectivity index (χ2v) is 7.71. The van der Waals surface area contributed by atoms with Gasteiger partial charge in [0.05, 0.1) is 31.1 Å². The summed E-state index contributed by atoms with van der Waals surface area (Å²) in [4.78, 5) is 23.8. The second kappa shape index (κ2) is 9.34. The average Bonchev–Trinajstić information content (AvgIpc) is 2.75. The Morgan fingerprint density at radius 3 is 2.17 bits per heavy atom. The molecule has 1 fully saturated rings. The van der Waals surface area contributed by atoms with Crippen LogP contribution < -0.4 is 5.32 Å². The predicted octanol–water partition coefficient (Wildman–Crippen LogP) is 4.04. The largest absolute Gasteiger partial charge is 0.379 e. The van der Waals surface area contributed by atoms with Crippen LogP contribution in [-0.4, -0.2) is 53.6 Å². The molecular formula is C23H23ClN4O2. The summed E-state index contributed by atoms with van der Waals surface area (Å²) < 4.78 is 5.34. The number of hydrogen-bond acceptors (Lipinski definition) is 5. The van der Waals surface area contributed by atoms with E-state index < -0.39 is 0 Å². The number of nitrogens with zero attached hydrogens (tertiary/aromatic N) is 3. The molecule has 4 rings (SSSR count). The maximum Gasteiger partial charge on any atom is 0.240 e. The minimum atomic E-state index is -0.139. The molecule has 6 nitrogen and oxygen atoms in total. The van der Waals surface area contributed by atoms with E-state index in [1.165, 1.54) is 5.56 Å². The summed E-state index contributed by atoms with van der Waals surface area (Å²) in [5.41, 5.74) is 4.50. The van der Waals surface area contributed by atoms with E-state index >= 15 is 0 Å². The number of ether oxygens (including phenoxy) is 1. The van der Waals surface area contributed by atoms with Crippen molar-refractivity contribution in [3.8, 4) is 22.5 Å². The molecule has 0 bridgehead atoms. The fraction of sp³-hybridized carbons (Fsp3) is 0.261. The van der Waals surface area contributed by atoms with Gasteiger partial charge in [-0.25, -0.2) is 9.97 Å². The molecule has 0 saturated carbocycles. The van der Waals surface area contributed by atoms with Crippen LogP contribution >= 0.6 is 11.6 Å². The number of aryl methyl sites for hydroxylation is 1. The third-order valence-corrected chi connectivity index (χ3v) is 5.19. The Labute approximate surface area is 180 Å². The zero-order valence-corrected chi connectivity index (χ0v) is 17.5. The lowest BCUT2D eigenvalue weighted by Gasteiger charge is -2.25. The summed E-state index contributed by atoms with van der Waals surface area (Å²) in [6.07, 6.45) is 0. The highest BCUT2D eigenvalue weighted by Gasteiger charge is 2.16. The van der Waals surface area contributed by atoms with Crippen LogP contribution in [-0.2, 0) is 9.53 Å². The van der Waals surface area contributed by atoms with Crippen LogP contribution in [0.1, 0.15) is 5.56 Å². The van der Waals surface area contributed by atoms with Gasteiger partial charge >= 0.3 is 0 Å². The molecule has 1 aliphatic rings. The third kappa shape index (κ3) is 5.21. The molecule has 1 aromatic heterocycles. The summed E-state index contributed by atoms with van der Waals surface area (Å²) in [5.74, 6) is 0.149. The number of aromatic nitrogens is 2. The molecule has 7 heteroatoms. The molecule has 0 spiro atoms. The molecule has 154 valence electrons. The van der Waals surface area contributed by atoms with E-state index in [2.05, 4.69) is 20.2 Å². The van der Waals surface area contributed by atoms with Gasteiger partial charge in [0.15, 0.2) is 0 Å². The van der Waals surface area contributed by atoms with Crippen molar-refractivity contribution in [2.45, 2.75) is 6.92 Å². The number of anilines is 1. The maximum absolute atomic E-state index is 12.6. The molecule has 3 aromatic rings. The third-order valence-electron chi connectivity index (χ3n) is 4.94. The first kappa shape index (κ1) is 20.5. The standard InChI is InChI=1S/C23H23ClN4O2/c1-16-2-4-17(5-3-16)20-14-21(18-6-8-19(24)9-7-18)26-23(25-20)27-22(29)15-28-10-12-30-13-11-28/h2-9,14H,10-13,15H2,1H3,(H,25,26,27,29). The second-order valence-electron chi connectivity index (χ2n) is 7.27. The molecule has 30 heavy (non-hydrogen) atoms. The van der Waals surface area contributed by atoms with Crippen molar-refractivity contribution in [3.63, 3.8) is 0 Å². The minimum Gasteiger partial charge on any atom is -0.379 e. The van der Waals surface area contributed by atoms with Crippen molar-refractivity contribution in [3.05, 3.63) is 65.2 Å². The Hall–Kier alpha value is -2.80. The van der Waals surface area contributed by atoms with Gasteiger partial charge in [0, 0.05) is 29.2 Å². The van der Waals surface area contributed by atoms with Gasteiger partial charge in [-0.2, -0.15) is 0 Å². The number of halogens is 1. The van der Waals surface area contributed by atoms with Crippen LogP contribution in [0.4, 0.5) is 5.95 Å². The Morgan fingerprint density at radius 1 is 1.00 bits per heavy atom. The number of rotatable bonds is 5. The van der Waals surface area contributed by atoms with Crippen LogP contribution in [0, 0.1) is 6.92 Å². The molecule has 1 saturated heterocycles. The van der Waals surface area contributed by atoms with Gasteiger partial charge in [-0.3, -0.25) is 15.0 Å². The Bertz CT molecular complexity index is 953. The summed E-state index contributed by atoms with van der Waals surface area (Å²) in [6.45, 7) is 5.11. The Morgan fingerprint density at radius 2 is 1.57 bits per heavy atom. The lowest BCUT2D eigenvalue weighted by Crippen LogP contribution is -2.41. The van der Waals surface area contributed by atoms with Gasteiger partial charge in [0.1, 0.15) is 0 Å². The van der Waals surface area contributed by atoms with E-state index in [1.54, 1.807) is 0 Å². The summed E-state index contributed by atoms with van der Waals surface area (Å²) in [6, 6.07) is 17.5. The van der Waals surface area contributed by atoms with Gasteiger partial charge < -0.3 is 4.74 Å². The fourth-order valence-electron chi connectivity index (χ4n) is 3.27. The molecule has 0 aliphatic carbocycles. The SMILES string of the molecule is Cc1ccc(-c2cc(-c3ccc(Cl)cc3)nc(NC(=O)CN3CCOCC3)n2)cc1. The number of morpholine rings is 1. The van der Waals surface area contributed by atoms with E-state index in [1.807, 2.05) is 61.5 Å². The van der Waals surface area contributed by atoms with Gasteiger partial charge in [0.2, 0.25) is 11.9 Å². The molecule has 0 unspecified atom stereocenters. The molecule has 0 radical (unpaired) electrons. The van der Waals surface area contributed by atoms with Crippen LogP contribution in [0.5, 0.6) is 0 Å². The fourth-order valence-corrected chi connectivity index (χ4v) is 3.40. The number of carbonyl (C=O) groups is 1. The normalized spacial score (nSPS) is 14.5. The lowest BCUT2D eigenvalue weighted by molar-refractivity contribution is -0.118. The van der Waals surface area contributed by atoms with Gasteiger partial charge in [-0.15, -0.1) is 0 Å². The molecule has 1 N–H and O–H groups in total. The molecule has 1 aliphatic heterocycles. The van der Waals surface area contributed by atoms with Gasteiger partial charge in [-0.05, 0) is 25.1 Å². The first-order chi connectivity index (χ1) is 14.6. The Balaban J connectivity index is 1.63. The summed E-state index contributed by atoms with van der Waals surface area (Å²) >= 11 is 6.03. The van der Waals surface area contributed by atoms with Crippen molar-refractivity contribution in [2.75, 3.05) is 38.2 Å². The molecule has 1 amide bonds. The van der Waals surface area contributed by atoms with Crippen molar-refractivity contribution in [1.82, 2.24) is 14.9 Å². The topological polar surface area (TPSA) is 67.4 Å². The zero-order valence-electron chi connectivity index (χ0n) is 16.8. The molecular weight excluding hydrogens is 400 g/mol. The highest BCUT2D eigenvalue weighted by Crippen LogP contribution is 2.26. The van der Waals surface area contributed by atoms with Crippen LogP contribution in [0.15, 0.2) is 54.6 Å². The van der Waals surface area contributed by atoms with E-state index in [0.29, 0.717) is 18.2 Å². The quantitative estimate of drug-likeness (QED) is 0.672. The summed E-state index contributed by atoms with van der Waals surface area (Å²) in [5, 5.41) is 3.52. The van der Waals surface area contributed by atoms with Gasteiger partial charge in [-0.1, -0.05) is 53.6 Å². The highest BCUT2D eigenvalue weighted by molar-refractivity contribution is 6.30. The van der Waals surface area contributed by atoms with Crippen LogP contribution in [0.2, 0.25) is 5.02 Å². The average molecular weight is 423 g/mol. The van der Waals surface area contributed by atoms with Crippen LogP contribution in [0.3, 0.4) is 0 Å². The van der Waals surface area contributed by atoms with Crippen molar-refractivity contribution >= 4 is 23.5 Å². The molecule has 0 atom stereocenters. The number of hydrogen-bond donors (Lipinski definition) is 1. The van der Waals surface area contributed by atoms with E-state index in [-0.39, 0.29) is 18.4 Å². The monoisotopic (exact) mass is 422 g/mol. The highest BCUT2D eigenvalue weighted by atomic mass is 35.5. The predicted molar refractivity (Wildman–Crippen MR) is 119 cm³/mol. The lowest BCUT2D eigenvalue weighted by atomic mass is 10.1. The maximum atomic E-state index is 12.6. The van der Waals surface area contributed by atoms with Gasteiger partial charge in [0.25, 0.3) is 0 Å². The van der Waals surface area contributed by atoms with E-state index in [0.717, 1.165) is 35.6 Å².